The summed E-state index contributed by atoms with van der Waals surface area (Å²) in [7, 11) is 2.91. The number of nitrogens with one attached hydrogen (secondary N) is 1. The van der Waals surface area contributed by atoms with Gasteiger partial charge in [0, 0.05) is 32.4 Å². The molecule has 3 heterocycles. The Labute approximate surface area is 199 Å². The maximum atomic E-state index is 13.2. The Morgan fingerprint density at radius 1 is 0.971 bits per heavy atom. The smallest absolute Gasteiger partial charge is 0.295 e. The van der Waals surface area contributed by atoms with E-state index in [4.69, 9.17) is 9.47 Å². The van der Waals surface area contributed by atoms with Gasteiger partial charge in [-0.05, 0) is 5.56 Å². The van der Waals surface area contributed by atoms with Gasteiger partial charge in [0.1, 0.15) is 17.0 Å². The minimum atomic E-state index is -0.685. The number of nitrogens with zero attached hydrogens (tertiary/aromatic N) is 3. The van der Waals surface area contributed by atoms with E-state index in [0.29, 0.717) is 46.6 Å². The SMILES string of the molecule is COc1ncc(OC)c2c(C(=O)C(=O)N3CCN(c4c(-c5ccccc5)c(=O)c4=O)CC3)c[nH]c12. The fraction of sp³-hybridized carbons (Fsp3) is 0.240. The molecule has 5 rings (SSSR count). The van der Waals surface area contributed by atoms with Crippen LogP contribution in [0.25, 0.3) is 22.0 Å². The molecule has 0 spiro atoms. The zero-order valence-corrected chi connectivity index (χ0v) is 19.2. The van der Waals surface area contributed by atoms with Gasteiger partial charge in [0.25, 0.3) is 11.7 Å². The molecule has 1 N–H and O–H groups in total. The Balaban J connectivity index is 1.35. The van der Waals surface area contributed by atoms with Crippen molar-refractivity contribution in [2.75, 3.05) is 45.3 Å². The summed E-state index contributed by atoms with van der Waals surface area (Å²) >= 11 is 0. The standard InChI is InChI=1S/C25H22N4O6/c1-34-16-13-27-24(35-2)19-18(16)15(12-26-19)21(30)25(33)29-10-8-28(9-11-29)20-17(22(31)23(20)32)14-6-4-3-5-7-14/h3-7,12-13,26H,8-11H2,1-2H3. The highest BCUT2D eigenvalue weighted by molar-refractivity contribution is 6.45. The zero-order valence-electron chi connectivity index (χ0n) is 19.2. The number of anilines is 1. The molecule has 1 aliphatic rings. The molecule has 1 aliphatic heterocycles. The zero-order chi connectivity index (χ0) is 24.7. The molecule has 0 atom stereocenters. The summed E-state index contributed by atoms with van der Waals surface area (Å²) in [5.74, 6) is -0.716. The van der Waals surface area contributed by atoms with Crippen molar-refractivity contribution < 1.29 is 19.1 Å². The topological polar surface area (TPSA) is 122 Å². The highest BCUT2D eigenvalue weighted by Gasteiger charge is 2.33. The van der Waals surface area contributed by atoms with Crippen LogP contribution in [0.2, 0.25) is 0 Å². The van der Waals surface area contributed by atoms with Crippen molar-refractivity contribution in [3.8, 4) is 22.8 Å². The molecule has 1 amide bonds. The molecule has 0 bridgehead atoms. The lowest BCUT2D eigenvalue weighted by atomic mass is 9.97. The Bertz CT molecular complexity index is 1510. The Morgan fingerprint density at radius 2 is 1.69 bits per heavy atom. The molecule has 0 saturated carbocycles. The molecule has 1 fully saturated rings. The van der Waals surface area contributed by atoms with Crippen LogP contribution in [0, 0.1) is 0 Å². The number of hydrogen-bond acceptors (Lipinski definition) is 8. The van der Waals surface area contributed by atoms with Crippen LogP contribution in [0.5, 0.6) is 11.6 Å². The second kappa shape index (κ2) is 8.71. The number of aromatic amines is 1. The average molecular weight is 474 g/mol. The Hall–Kier alpha value is -4.47. The second-order valence-corrected chi connectivity index (χ2v) is 8.14. The van der Waals surface area contributed by atoms with Gasteiger partial charge in [-0.25, -0.2) is 4.98 Å². The summed E-state index contributed by atoms with van der Waals surface area (Å²) in [6, 6.07) is 9.04. The Kier molecular flexibility index (Phi) is 5.56. The number of hydrogen-bond donors (Lipinski definition) is 1. The summed E-state index contributed by atoms with van der Waals surface area (Å²) in [6.45, 7) is 1.14. The molecule has 2 aromatic carbocycles. The lowest BCUT2D eigenvalue weighted by Crippen LogP contribution is -2.54. The molecule has 4 aromatic rings. The number of carbonyl (C=O) groups excluding carboxylic acids is 2. The maximum absolute atomic E-state index is 13.2. The van der Waals surface area contributed by atoms with Crippen LogP contribution in [0.1, 0.15) is 10.4 Å². The van der Waals surface area contributed by atoms with Crippen LogP contribution in [-0.4, -0.2) is 67.0 Å². The van der Waals surface area contributed by atoms with E-state index in [2.05, 4.69) is 9.97 Å². The summed E-state index contributed by atoms with van der Waals surface area (Å²) in [4.78, 5) is 61.2. The van der Waals surface area contributed by atoms with Gasteiger partial charge in [-0.3, -0.25) is 19.2 Å². The third-order valence-electron chi connectivity index (χ3n) is 6.32. The number of carbonyl (C=O) groups is 2. The van der Waals surface area contributed by atoms with Crippen molar-refractivity contribution in [1.29, 1.82) is 0 Å². The first kappa shape index (κ1) is 22.3. The van der Waals surface area contributed by atoms with E-state index < -0.39 is 22.5 Å². The minimum Gasteiger partial charge on any atom is -0.494 e. The fourth-order valence-corrected chi connectivity index (χ4v) is 4.53. The van der Waals surface area contributed by atoms with Crippen LogP contribution >= 0.6 is 0 Å². The van der Waals surface area contributed by atoms with Gasteiger partial charge < -0.3 is 24.3 Å². The second-order valence-electron chi connectivity index (χ2n) is 8.14. The van der Waals surface area contributed by atoms with Gasteiger partial charge in [-0.1, -0.05) is 30.3 Å². The van der Waals surface area contributed by atoms with E-state index in [9.17, 15) is 19.2 Å². The number of benzene rings is 1. The predicted molar refractivity (Wildman–Crippen MR) is 129 cm³/mol. The summed E-state index contributed by atoms with van der Waals surface area (Å²) in [6.07, 6.45) is 2.88. The minimum absolute atomic E-state index is 0.166. The summed E-state index contributed by atoms with van der Waals surface area (Å²) < 4.78 is 10.6. The van der Waals surface area contributed by atoms with Crippen molar-refractivity contribution >= 4 is 28.3 Å². The highest BCUT2D eigenvalue weighted by Crippen LogP contribution is 2.33. The number of aromatic nitrogens is 2. The molecule has 0 aliphatic carbocycles. The lowest BCUT2D eigenvalue weighted by Gasteiger charge is -2.36. The van der Waals surface area contributed by atoms with Crippen LogP contribution < -0.4 is 25.2 Å². The van der Waals surface area contributed by atoms with E-state index in [1.807, 2.05) is 23.1 Å². The Morgan fingerprint density at radius 3 is 2.34 bits per heavy atom. The number of methoxy groups -OCH3 is 2. The highest BCUT2D eigenvalue weighted by atomic mass is 16.5. The maximum Gasteiger partial charge on any atom is 0.295 e. The van der Waals surface area contributed by atoms with Gasteiger partial charge >= 0.3 is 0 Å². The van der Waals surface area contributed by atoms with E-state index in [1.54, 1.807) is 12.1 Å². The number of H-pyrrole nitrogens is 1. The number of piperazine rings is 1. The third kappa shape index (κ3) is 3.54. The average Bonchev–Trinajstić information content (AvgIpc) is 3.36. The molecule has 2 aromatic heterocycles. The monoisotopic (exact) mass is 474 g/mol. The van der Waals surface area contributed by atoms with Crippen LogP contribution in [0.3, 0.4) is 0 Å². The molecule has 10 nitrogen and oxygen atoms in total. The summed E-state index contributed by atoms with van der Waals surface area (Å²) in [5.41, 5.74) is 1.07. The predicted octanol–water partition coefficient (Wildman–Crippen LogP) is 1.37. The largest absolute Gasteiger partial charge is 0.494 e. The van der Waals surface area contributed by atoms with E-state index in [0.717, 1.165) is 0 Å². The number of fused-ring (bicyclic) bond motifs is 1. The normalized spacial score (nSPS) is 13.9. The van der Waals surface area contributed by atoms with Crippen molar-refractivity contribution in [3.05, 3.63) is 68.7 Å². The first-order chi connectivity index (χ1) is 17.0. The first-order valence-corrected chi connectivity index (χ1v) is 11.0. The van der Waals surface area contributed by atoms with Crippen molar-refractivity contribution in [1.82, 2.24) is 14.9 Å². The molecular formula is C25H22N4O6. The molecule has 1 saturated heterocycles. The van der Waals surface area contributed by atoms with Crippen LogP contribution in [0.15, 0.2) is 52.3 Å². The lowest BCUT2D eigenvalue weighted by molar-refractivity contribution is -0.126. The number of Topliss-reactive ketones (excluding diaryl/α,β-unsaturated/α-hetero) is 1. The van der Waals surface area contributed by atoms with Crippen molar-refractivity contribution in [2.45, 2.75) is 0 Å². The van der Waals surface area contributed by atoms with Gasteiger partial charge in [-0.2, -0.15) is 0 Å². The molecule has 0 radical (unpaired) electrons. The summed E-state index contributed by atoms with van der Waals surface area (Å²) in [5, 5.41) is 0.424. The van der Waals surface area contributed by atoms with Gasteiger partial charge in [0.15, 0.2) is 0 Å². The van der Waals surface area contributed by atoms with Crippen LogP contribution in [0.4, 0.5) is 5.69 Å². The third-order valence-corrected chi connectivity index (χ3v) is 6.32. The van der Waals surface area contributed by atoms with Crippen LogP contribution in [-0.2, 0) is 4.79 Å². The molecular weight excluding hydrogens is 452 g/mol. The van der Waals surface area contributed by atoms with Crippen molar-refractivity contribution in [3.63, 3.8) is 0 Å². The molecule has 35 heavy (non-hydrogen) atoms. The molecule has 10 heteroatoms. The van der Waals surface area contributed by atoms with E-state index in [-0.39, 0.29) is 24.5 Å². The van der Waals surface area contributed by atoms with E-state index >= 15 is 0 Å². The number of ketones is 1. The fourth-order valence-electron chi connectivity index (χ4n) is 4.53. The quantitative estimate of drug-likeness (QED) is 0.329. The number of amides is 1. The van der Waals surface area contributed by atoms with Gasteiger partial charge in [-0.15, -0.1) is 0 Å². The number of ether oxygens (including phenoxy) is 2. The first-order valence-electron chi connectivity index (χ1n) is 11.0. The van der Waals surface area contributed by atoms with Gasteiger partial charge in [0.2, 0.25) is 16.7 Å². The number of rotatable bonds is 6. The van der Waals surface area contributed by atoms with Crippen molar-refractivity contribution in [2.24, 2.45) is 0 Å². The number of pyridine rings is 1. The molecule has 0 unspecified atom stereocenters. The van der Waals surface area contributed by atoms with E-state index in [1.165, 1.54) is 31.5 Å². The molecule has 178 valence electrons. The van der Waals surface area contributed by atoms with Gasteiger partial charge in [0.05, 0.1) is 36.9 Å².